The summed E-state index contributed by atoms with van der Waals surface area (Å²) in [4.78, 5) is 58.1. The van der Waals surface area contributed by atoms with E-state index >= 15 is 0 Å². The highest BCUT2D eigenvalue weighted by Crippen LogP contribution is 2.23. The second-order valence-corrected chi connectivity index (χ2v) is 14.5. The fraction of sp³-hybridized carbons (Fsp3) is 0.279. The van der Waals surface area contributed by atoms with Crippen LogP contribution in [0, 0.1) is 0 Å². The standard InChI is InChI=1S/2C20H23N2O2.C3H4O2.ClH/c2*1-22(2,14-6-13-21-19(23)11-12-20(21)24)15-17-9-5-8-16-7-3-4-10-18(16)17;1-2-3(4)5;/h2*3-5,7-12H,6,13-15H2,1-2H3;2H,1H2,(H,4,5);1H/q2*+1;;/p-2. The van der Waals surface area contributed by atoms with Crippen LogP contribution in [0.4, 0.5) is 0 Å². The molecule has 0 atom stereocenters. The Hall–Kier alpha value is -5.42. The molecule has 6 rings (SSSR count). The maximum Gasteiger partial charge on any atom is 0.253 e. The number of nitrogens with zero attached hydrogens (tertiary/aromatic N) is 4. The average molecular weight is 753 g/mol. The molecule has 0 radical (unpaired) electrons. The summed E-state index contributed by atoms with van der Waals surface area (Å²) >= 11 is 0. The first-order chi connectivity index (χ1) is 25.2. The highest BCUT2D eigenvalue weighted by atomic mass is 35.5. The number of quaternary nitrogens is 2. The Bertz CT molecular complexity index is 1870. The van der Waals surface area contributed by atoms with Crippen molar-refractivity contribution in [2.45, 2.75) is 25.9 Å². The molecule has 11 heteroatoms. The molecule has 0 saturated heterocycles. The van der Waals surface area contributed by atoms with Crippen LogP contribution < -0.4 is 17.5 Å². The summed E-state index contributed by atoms with van der Waals surface area (Å²) in [5.41, 5.74) is 2.65. The van der Waals surface area contributed by atoms with Crippen molar-refractivity contribution in [3.8, 4) is 0 Å². The van der Waals surface area contributed by atoms with E-state index < -0.39 is 5.97 Å². The first kappa shape index (κ1) is 43.0. The van der Waals surface area contributed by atoms with Crippen molar-refractivity contribution < 1.29 is 50.5 Å². The third-order valence-electron chi connectivity index (χ3n) is 9.21. The Labute approximate surface area is 323 Å². The zero-order chi connectivity index (χ0) is 38.6. The predicted molar refractivity (Wildman–Crippen MR) is 205 cm³/mol. The summed E-state index contributed by atoms with van der Waals surface area (Å²) in [5.74, 6) is -2.01. The van der Waals surface area contributed by atoms with Gasteiger partial charge < -0.3 is 31.3 Å². The first-order valence-electron chi connectivity index (χ1n) is 17.7. The predicted octanol–water partition coefficient (Wildman–Crippen LogP) is 1.39. The Morgan fingerprint density at radius 3 is 1.24 bits per heavy atom. The lowest BCUT2D eigenvalue weighted by atomic mass is 10.0. The fourth-order valence-electron chi connectivity index (χ4n) is 6.56. The van der Waals surface area contributed by atoms with Gasteiger partial charge >= 0.3 is 0 Å². The SMILES string of the molecule is C=CC(=O)[O-].C[N+](C)(CCCN1C(=O)C=CC1=O)Cc1cccc2ccccc12.C[N+](C)(CCCN1C(=O)C=CC1=O)Cc1cccc2ccccc12.[Cl-]. The number of rotatable bonds is 13. The van der Waals surface area contributed by atoms with Crippen LogP contribution in [0.5, 0.6) is 0 Å². The lowest BCUT2D eigenvalue weighted by Crippen LogP contribution is -3.00. The van der Waals surface area contributed by atoms with Crippen molar-refractivity contribution in [3.05, 3.63) is 133 Å². The minimum Gasteiger partial charge on any atom is -1.00 e. The van der Waals surface area contributed by atoms with Crippen LogP contribution in [0.15, 0.2) is 122 Å². The van der Waals surface area contributed by atoms with Gasteiger partial charge in [0.05, 0.1) is 47.2 Å². The number of halogens is 1. The summed E-state index contributed by atoms with van der Waals surface area (Å²) in [6.07, 6.45) is 7.71. The molecule has 0 fully saturated rings. The van der Waals surface area contributed by atoms with E-state index in [1.165, 1.54) is 66.8 Å². The van der Waals surface area contributed by atoms with E-state index in [0.29, 0.717) is 13.1 Å². The number of carboxylic acid groups (broad SMARTS) is 1. The Balaban J connectivity index is 0.000000254. The summed E-state index contributed by atoms with van der Waals surface area (Å²) in [6.45, 7) is 7.52. The summed E-state index contributed by atoms with van der Waals surface area (Å²) in [5, 5.41) is 14.2. The smallest absolute Gasteiger partial charge is 0.253 e. The molecule has 4 amide bonds. The molecule has 2 heterocycles. The molecule has 2 aliphatic heterocycles. The molecule has 0 unspecified atom stereocenters. The molecule has 0 saturated carbocycles. The molecular weight excluding hydrogens is 704 g/mol. The van der Waals surface area contributed by atoms with Crippen LogP contribution in [0.1, 0.15) is 24.0 Å². The van der Waals surface area contributed by atoms with Crippen molar-refractivity contribution in [3.63, 3.8) is 0 Å². The van der Waals surface area contributed by atoms with Crippen LogP contribution in [-0.2, 0) is 37.1 Å². The number of carbonyl (C=O) groups is 5. The number of hydrogen-bond donors (Lipinski definition) is 0. The number of amides is 4. The number of fused-ring (bicyclic) bond motifs is 2. The molecule has 4 aromatic rings. The maximum absolute atomic E-state index is 11.6. The zero-order valence-corrected chi connectivity index (χ0v) is 32.2. The van der Waals surface area contributed by atoms with Gasteiger partial charge in [-0.15, -0.1) is 0 Å². The van der Waals surface area contributed by atoms with Crippen molar-refractivity contribution in [1.82, 2.24) is 9.80 Å². The molecule has 0 aromatic heterocycles. The molecule has 284 valence electrons. The third kappa shape index (κ3) is 12.3. The topological polar surface area (TPSA) is 115 Å². The lowest BCUT2D eigenvalue weighted by molar-refractivity contribution is -0.903. The van der Waals surface area contributed by atoms with Gasteiger partial charge in [-0.1, -0.05) is 91.5 Å². The van der Waals surface area contributed by atoms with Crippen LogP contribution >= 0.6 is 0 Å². The van der Waals surface area contributed by atoms with E-state index in [4.69, 9.17) is 9.90 Å². The average Bonchev–Trinajstić information content (AvgIpc) is 3.62. The van der Waals surface area contributed by atoms with E-state index in [9.17, 15) is 19.2 Å². The number of hydrogen-bond acceptors (Lipinski definition) is 6. The van der Waals surface area contributed by atoms with Crippen LogP contribution in [0.25, 0.3) is 21.5 Å². The highest BCUT2D eigenvalue weighted by Gasteiger charge is 2.26. The van der Waals surface area contributed by atoms with Gasteiger partial charge in [-0.05, 0) is 27.6 Å². The maximum atomic E-state index is 11.6. The first-order valence-corrected chi connectivity index (χ1v) is 17.7. The third-order valence-corrected chi connectivity index (χ3v) is 9.21. The second-order valence-electron chi connectivity index (χ2n) is 14.5. The molecule has 0 bridgehead atoms. The van der Waals surface area contributed by atoms with E-state index in [1.807, 2.05) is 0 Å². The van der Waals surface area contributed by atoms with Gasteiger partial charge in [-0.3, -0.25) is 29.0 Å². The van der Waals surface area contributed by atoms with E-state index in [2.05, 4.69) is 120 Å². The highest BCUT2D eigenvalue weighted by molar-refractivity contribution is 6.13. The van der Waals surface area contributed by atoms with Gasteiger partial charge in [0.15, 0.2) is 0 Å². The quantitative estimate of drug-likeness (QED) is 0.116. The van der Waals surface area contributed by atoms with Crippen LogP contribution in [-0.4, -0.2) is 103 Å². The minimum atomic E-state index is -1.23. The second kappa shape index (κ2) is 19.6. The Morgan fingerprint density at radius 1 is 0.593 bits per heavy atom. The van der Waals surface area contributed by atoms with E-state index in [0.717, 1.165) is 54.1 Å². The van der Waals surface area contributed by atoms with E-state index in [1.54, 1.807) is 0 Å². The van der Waals surface area contributed by atoms with Gasteiger partial charge in [-0.2, -0.15) is 0 Å². The molecule has 0 aliphatic carbocycles. The molecule has 0 N–H and O–H groups in total. The van der Waals surface area contributed by atoms with Gasteiger partial charge in [-0.25, -0.2) is 0 Å². The molecule has 0 spiro atoms. The largest absolute Gasteiger partial charge is 1.00 e. The number of carboxylic acids is 1. The number of benzene rings is 4. The van der Waals surface area contributed by atoms with Gasteiger partial charge in [0.25, 0.3) is 23.6 Å². The minimum absolute atomic E-state index is 0. The van der Waals surface area contributed by atoms with Crippen molar-refractivity contribution >= 4 is 51.1 Å². The molecule has 4 aromatic carbocycles. The summed E-state index contributed by atoms with van der Waals surface area (Å²) in [6, 6.07) is 29.7. The monoisotopic (exact) mass is 752 g/mol. The summed E-state index contributed by atoms with van der Waals surface area (Å²) < 4.78 is 1.63. The molecule has 10 nitrogen and oxygen atoms in total. The van der Waals surface area contributed by atoms with Crippen molar-refractivity contribution in [2.24, 2.45) is 0 Å². The van der Waals surface area contributed by atoms with Gasteiger partial charge in [0, 0.05) is 61.4 Å². The Kier molecular flexibility index (Phi) is 15.6. The van der Waals surface area contributed by atoms with Crippen molar-refractivity contribution in [2.75, 3.05) is 54.4 Å². The number of imide groups is 2. The number of carbonyl (C=O) groups excluding carboxylic acids is 5. The van der Waals surface area contributed by atoms with E-state index in [-0.39, 0.29) is 36.0 Å². The summed E-state index contributed by atoms with van der Waals surface area (Å²) in [7, 11) is 8.75. The molecular formula is C43H49ClN4O6. The molecule has 54 heavy (non-hydrogen) atoms. The van der Waals surface area contributed by atoms with Crippen LogP contribution in [0.2, 0.25) is 0 Å². The lowest BCUT2D eigenvalue weighted by Gasteiger charge is -2.31. The fourth-order valence-corrected chi connectivity index (χ4v) is 6.56. The number of aliphatic carboxylic acids is 1. The van der Waals surface area contributed by atoms with Gasteiger partial charge in [0.1, 0.15) is 13.1 Å². The van der Waals surface area contributed by atoms with Gasteiger partial charge in [0.2, 0.25) is 0 Å². The Morgan fingerprint density at radius 2 is 0.907 bits per heavy atom. The van der Waals surface area contributed by atoms with Crippen molar-refractivity contribution in [1.29, 1.82) is 0 Å². The zero-order valence-electron chi connectivity index (χ0n) is 31.4. The van der Waals surface area contributed by atoms with Crippen LogP contribution in [0.3, 0.4) is 0 Å². The molecule has 2 aliphatic rings. The normalized spacial score (nSPS) is 13.8.